The predicted molar refractivity (Wildman–Crippen MR) is 86.2 cm³/mol. The third-order valence-corrected chi connectivity index (χ3v) is 4.03. The first-order valence-electron chi connectivity index (χ1n) is 6.37. The molecule has 1 N–H and O–H groups in total. The first kappa shape index (κ1) is 15.3. The van der Waals surface area contributed by atoms with Crippen molar-refractivity contribution in [2.45, 2.75) is 4.90 Å². The van der Waals surface area contributed by atoms with E-state index in [1.165, 1.54) is 11.8 Å². The lowest BCUT2D eigenvalue weighted by Crippen LogP contribution is -2.15. The molecule has 0 radical (unpaired) electrons. The minimum absolute atomic E-state index is 0.304. The van der Waals surface area contributed by atoms with Gasteiger partial charge in [0.1, 0.15) is 5.75 Å². The van der Waals surface area contributed by atoms with Gasteiger partial charge in [0, 0.05) is 11.9 Å². The van der Waals surface area contributed by atoms with Crippen LogP contribution in [-0.2, 0) is 0 Å². The second kappa shape index (κ2) is 6.54. The van der Waals surface area contributed by atoms with Crippen molar-refractivity contribution in [2.24, 2.45) is 0 Å². The smallest absolute Gasteiger partial charge is 0.338 e. The number of carboxylic acids is 1. The number of carboxylic acid groups (broad SMARTS) is 1. The molecule has 0 aliphatic rings. The molecule has 2 rings (SSSR count). The van der Waals surface area contributed by atoms with Crippen molar-refractivity contribution in [2.75, 3.05) is 25.3 Å². The number of nitrogens with zero attached hydrogens (tertiary/aromatic N) is 1. The topological polar surface area (TPSA) is 49.8 Å². The van der Waals surface area contributed by atoms with Gasteiger partial charge in [0.25, 0.3) is 0 Å². The maximum atomic E-state index is 11.6. The van der Waals surface area contributed by atoms with Gasteiger partial charge in [-0.15, -0.1) is 11.8 Å². The fourth-order valence-electron chi connectivity index (χ4n) is 2.22. The second-order valence-electron chi connectivity index (χ2n) is 4.39. The molecule has 0 saturated carbocycles. The van der Waals surface area contributed by atoms with Crippen molar-refractivity contribution >= 4 is 29.1 Å². The van der Waals surface area contributed by atoms with Crippen LogP contribution in [0.2, 0.25) is 0 Å². The highest BCUT2D eigenvalue weighted by atomic mass is 32.2. The van der Waals surface area contributed by atoms with E-state index >= 15 is 0 Å². The fourth-order valence-corrected chi connectivity index (χ4v) is 2.83. The summed E-state index contributed by atoms with van der Waals surface area (Å²) in [6.07, 6.45) is 1.87. The van der Waals surface area contributed by atoms with Crippen LogP contribution in [0, 0.1) is 0 Å². The molecule has 21 heavy (non-hydrogen) atoms. The third kappa shape index (κ3) is 2.97. The average molecular weight is 303 g/mol. The quantitative estimate of drug-likeness (QED) is 0.849. The normalized spacial score (nSPS) is 10.2. The average Bonchev–Trinajstić information content (AvgIpc) is 2.53. The molecule has 0 aliphatic heterocycles. The van der Waals surface area contributed by atoms with Gasteiger partial charge in [-0.2, -0.15) is 0 Å². The zero-order valence-corrected chi connectivity index (χ0v) is 13.0. The molecule has 0 heterocycles. The number of benzene rings is 2. The maximum absolute atomic E-state index is 11.6. The number of hydrogen-bond donors (Lipinski definition) is 1. The van der Waals surface area contributed by atoms with E-state index in [1.54, 1.807) is 13.2 Å². The van der Waals surface area contributed by atoms with E-state index in [2.05, 4.69) is 0 Å². The van der Waals surface area contributed by atoms with Crippen molar-refractivity contribution in [3.05, 3.63) is 48.0 Å². The monoisotopic (exact) mass is 303 g/mol. The predicted octanol–water partition coefficient (Wildman–Crippen LogP) is 3.88. The molecule has 2 aromatic rings. The molecular weight excluding hydrogens is 286 g/mol. The maximum Gasteiger partial charge on any atom is 0.338 e. The molecule has 0 aromatic heterocycles. The zero-order chi connectivity index (χ0) is 15.4. The summed E-state index contributed by atoms with van der Waals surface area (Å²) in [6, 6.07) is 13.0. The Morgan fingerprint density at radius 2 is 1.81 bits per heavy atom. The molecule has 0 fully saturated rings. The van der Waals surface area contributed by atoms with E-state index in [-0.39, 0.29) is 0 Å². The number of para-hydroxylation sites is 2. The van der Waals surface area contributed by atoms with E-state index in [0.29, 0.717) is 17.0 Å². The largest absolute Gasteiger partial charge is 0.495 e. The van der Waals surface area contributed by atoms with Crippen LogP contribution < -0.4 is 9.64 Å². The standard InChI is InChI=1S/C16H17NO3S/c1-17(11-7-4-5-9-13(11)20-2)12-8-6-10-14(21-3)15(12)16(18)19/h4-10H,1-3H3,(H,18,19). The summed E-state index contributed by atoms with van der Waals surface area (Å²) in [7, 11) is 3.44. The summed E-state index contributed by atoms with van der Waals surface area (Å²) in [5.74, 6) is -0.234. The lowest BCUT2D eigenvalue weighted by molar-refractivity contribution is 0.0694. The highest BCUT2D eigenvalue weighted by Gasteiger charge is 2.20. The number of anilines is 2. The van der Waals surface area contributed by atoms with Crippen LogP contribution in [0.15, 0.2) is 47.4 Å². The number of rotatable bonds is 5. The molecule has 0 spiro atoms. The summed E-state index contributed by atoms with van der Waals surface area (Å²) in [6.45, 7) is 0. The first-order chi connectivity index (χ1) is 10.1. The van der Waals surface area contributed by atoms with Crippen LogP contribution in [-0.4, -0.2) is 31.5 Å². The molecular formula is C16H17NO3S. The van der Waals surface area contributed by atoms with E-state index < -0.39 is 5.97 Å². The Kier molecular flexibility index (Phi) is 4.75. The molecule has 0 aliphatic carbocycles. The van der Waals surface area contributed by atoms with Crippen LogP contribution in [0.25, 0.3) is 0 Å². The molecule has 0 saturated heterocycles. The van der Waals surface area contributed by atoms with Crippen molar-refractivity contribution < 1.29 is 14.6 Å². The lowest BCUT2D eigenvalue weighted by Gasteiger charge is -2.24. The Morgan fingerprint density at radius 3 is 2.43 bits per heavy atom. The minimum Gasteiger partial charge on any atom is -0.495 e. The third-order valence-electron chi connectivity index (χ3n) is 3.25. The van der Waals surface area contributed by atoms with E-state index in [0.717, 1.165) is 10.6 Å². The van der Waals surface area contributed by atoms with Crippen LogP contribution >= 0.6 is 11.8 Å². The molecule has 4 nitrogen and oxygen atoms in total. The lowest BCUT2D eigenvalue weighted by atomic mass is 10.1. The molecule has 2 aromatic carbocycles. The van der Waals surface area contributed by atoms with Gasteiger partial charge in [-0.1, -0.05) is 18.2 Å². The number of ether oxygens (including phenoxy) is 1. The van der Waals surface area contributed by atoms with Gasteiger partial charge in [0.15, 0.2) is 0 Å². The van der Waals surface area contributed by atoms with Crippen LogP contribution in [0.1, 0.15) is 10.4 Å². The summed E-state index contributed by atoms with van der Waals surface area (Å²) in [5, 5.41) is 9.53. The molecule has 110 valence electrons. The molecule has 0 atom stereocenters. The van der Waals surface area contributed by atoms with Gasteiger partial charge in [-0.05, 0) is 30.5 Å². The summed E-state index contributed by atoms with van der Waals surface area (Å²) in [5.41, 5.74) is 1.76. The Balaban J connectivity index is 2.58. The van der Waals surface area contributed by atoms with Crippen LogP contribution in [0.3, 0.4) is 0 Å². The highest BCUT2D eigenvalue weighted by molar-refractivity contribution is 7.98. The number of aromatic carboxylic acids is 1. The van der Waals surface area contributed by atoms with Gasteiger partial charge in [0.05, 0.1) is 24.0 Å². The van der Waals surface area contributed by atoms with Gasteiger partial charge < -0.3 is 14.7 Å². The van der Waals surface area contributed by atoms with Crippen molar-refractivity contribution in [3.63, 3.8) is 0 Å². The Hall–Kier alpha value is -2.14. The van der Waals surface area contributed by atoms with Crippen molar-refractivity contribution in [1.29, 1.82) is 0 Å². The molecule has 0 bridgehead atoms. The first-order valence-corrected chi connectivity index (χ1v) is 7.59. The SMILES string of the molecule is COc1ccccc1N(C)c1cccc(SC)c1C(=O)O. The van der Waals surface area contributed by atoms with E-state index in [4.69, 9.17) is 4.74 Å². The number of thioether (sulfide) groups is 1. The van der Waals surface area contributed by atoms with E-state index in [9.17, 15) is 9.90 Å². The van der Waals surface area contributed by atoms with E-state index in [1.807, 2.05) is 54.6 Å². The minimum atomic E-state index is -0.934. The van der Waals surface area contributed by atoms with Gasteiger partial charge in [-0.25, -0.2) is 4.79 Å². The zero-order valence-electron chi connectivity index (χ0n) is 12.2. The summed E-state index contributed by atoms with van der Waals surface area (Å²) in [4.78, 5) is 14.2. The molecule has 5 heteroatoms. The fraction of sp³-hybridized carbons (Fsp3) is 0.188. The van der Waals surface area contributed by atoms with Gasteiger partial charge >= 0.3 is 5.97 Å². The Labute approximate surface area is 128 Å². The van der Waals surface area contributed by atoms with Gasteiger partial charge in [0.2, 0.25) is 0 Å². The number of methoxy groups -OCH3 is 1. The van der Waals surface area contributed by atoms with Crippen LogP contribution in [0.5, 0.6) is 5.75 Å². The number of hydrogen-bond acceptors (Lipinski definition) is 4. The van der Waals surface area contributed by atoms with Crippen LogP contribution in [0.4, 0.5) is 11.4 Å². The summed E-state index contributed by atoms with van der Waals surface area (Å²) >= 11 is 1.42. The Morgan fingerprint density at radius 1 is 1.14 bits per heavy atom. The van der Waals surface area contributed by atoms with Crippen molar-refractivity contribution in [1.82, 2.24) is 0 Å². The summed E-state index contributed by atoms with van der Waals surface area (Å²) < 4.78 is 5.35. The Bertz CT molecular complexity index is 658. The number of carbonyl (C=O) groups is 1. The molecule has 0 unspecified atom stereocenters. The highest BCUT2D eigenvalue weighted by Crippen LogP contribution is 2.36. The molecule has 0 amide bonds. The van der Waals surface area contributed by atoms with Gasteiger partial charge in [-0.3, -0.25) is 0 Å². The second-order valence-corrected chi connectivity index (χ2v) is 5.24. The van der Waals surface area contributed by atoms with Crippen molar-refractivity contribution in [3.8, 4) is 5.75 Å².